The van der Waals surface area contributed by atoms with E-state index >= 15 is 0 Å². The molecule has 0 spiro atoms. The molecule has 0 aliphatic heterocycles. The van der Waals surface area contributed by atoms with E-state index in [4.69, 9.17) is 27.9 Å². The predicted octanol–water partition coefficient (Wildman–Crippen LogP) is 5.30. The molecule has 0 aromatic heterocycles. The highest BCUT2D eigenvalue weighted by Gasteiger charge is 2.19. The Morgan fingerprint density at radius 3 is 2.44 bits per heavy atom. The Kier molecular flexibility index (Phi) is 7.14. The second-order valence-electron chi connectivity index (χ2n) is 6.79. The second kappa shape index (κ2) is 8.95. The summed E-state index contributed by atoms with van der Waals surface area (Å²) < 4.78 is 6.03. The molecule has 0 saturated carbocycles. The number of halogens is 3. The van der Waals surface area contributed by atoms with Crippen molar-refractivity contribution >= 4 is 56.6 Å². The van der Waals surface area contributed by atoms with Crippen LogP contribution in [-0.2, 0) is 4.79 Å². The third-order valence-electron chi connectivity index (χ3n) is 3.24. The van der Waals surface area contributed by atoms with Gasteiger partial charge in [0, 0.05) is 10.6 Å². The zero-order valence-electron chi connectivity index (χ0n) is 15.0. The Labute approximate surface area is 176 Å². The molecule has 0 radical (unpaired) electrons. The van der Waals surface area contributed by atoms with Crippen molar-refractivity contribution in [2.75, 3.05) is 11.9 Å². The number of hydrogen-bond donors (Lipinski definition) is 2. The van der Waals surface area contributed by atoms with E-state index in [1.165, 1.54) is 6.07 Å². The summed E-state index contributed by atoms with van der Waals surface area (Å²) in [4.78, 5) is 24.7. The standard InChI is InChI=1S/C19H19BrCl2N2O3/c1-19(2,3)24-18(26)12-6-4-5-7-15(12)23-16(25)10-27-17-13(20)8-11(21)9-14(17)22/h4-9H,10H2,1-3H3,(H,23,25)(H,24,26). The molecular formula is C19H19BrCl2N2O3. The molecule has 2 aromatic carbocycles. The number of amides is 2. The Morgan fingerprint density at radius 2 is 1.81 bits per heavy atom. The van der Waals surface area contributed by atoms with Crippen molar-refractivity contribution in [3.05, 3.63) is 56.5 Å². The minimum atomic E-state index is -0.427. The van der Waals surface area contributed by atoms with E-state index in [0.29, 0.717) is 26.5 Å². The summed E-state index contributed by atoms with van der Waals surface area (Å²) in [6.07, 6.45) is 0. The van der Waals surface area contributed by atoms with E-state index in [9.17, 15) is 9.59 Å². The first-order valence-electron chi connectivity index (χ1n) is 8.05. The van der Waals surface area contributed by atoms with Gasteiger partial charge in [-0.3, -0.25) is 9.59 Å². The van der Waals surface area contributed by atoms with Gasteiger partial charge >= 0.3 is 0 Å². The fourth-order valence-corrected chi connectivity index (χ4v) is 3.56. The normalized spacial score (nSPS) is 11.0. The van der Waals surface area contributed by atoms with Crippen LogP contribution in [0.4, 0.5) is 5.69 Å². The van der Waals surface area contributed by atoms with Gasteiger partial charge in [0.2, 0.25) is 0 Å². The summed E-state index contributed by atoms with van der Waals surface area (Å²) >= 11 is 15.3. The molecule has 144 valence electrons. The van der Waals surface area contributed by atoms with Crippen molar-refractivity contribution in [1.82, 2.24) is 5.32 Å². The molecule has 2 aromatic rings. The van der Waals surface area contributed by atoms with E-state index in [1.54, 1.807) is 30.3 Å². The number of carbonyl (C=O) groups excluding carboxylic acids is 2. The lowest BCUT2D eigenvalue weighted by Crippen LogP contribution is -2.41. The van der Waals surface area contributed by atoms with Crippen molar-refractivity contribution in [1.29, 1.82) is 0 Å². The number of benzene rings is 2. The van der Waals surface area contributed by atoms with Crippen LogP contribution in [-0.4, -0.2) is 24.0 Å². The van der Waals surface area contributed by atoms with Gasteiger partial charge in [0.1, 0.15) is 0 Å². The van der Waals surface area contributed by atoms with Gasteiger partial charge in [-0.1, -0.05) is 35.3 Å². The Balaban J connectivity index is 2.08. The molecule has 27 heavy (non-hydrogen) atoms. The maximum absolute atomic E-state index is 12.4. The quantitative estimate of drug-likeness (QED) is 0.618. The largest absolute Gasteiger partial charge is 0.481 e. The highest BCUT2D eigenvalue weighted by Crippen LogP contribution is 2.36. The molecule has 0 unspecified atom stereocenters. The van der Waals surface area contributed by atoms with Crippen molar-refractivity contribution in [3.63, 3.8) is 0 Å². The van der Waals surface area contributed by atoms with E-state index in [2.05, 4.69) is 26.6 Å². The summed E-state index contributed by atoms with van der Waals surface area (Å²) in [6, 6.07) is 9.90. The molecule has 0 aliphatic rings. The molecule has 0 bridgehead atoms. The number of hydrogen-bond acceptors (Lipinski definition) is 3. The highest BCUT2D eigenvalue weighted by atomic mass is 79.9. The topological polar surface area (TPSA) is 67.4 Å². The van der Waals surface area contributed by atoms with Crippen LogP contribution in [0.2, 0.25) is 10.0 Å². The van der Waals surface area contributed by atoms with E-state index in [0.717, 1.165) is 0 Å². The van der Waals surface area contributed by atoms with Gasteiger partial charge in [-0.05, 0) is 61.0 Å². The maximum Gasteiger partial charge on any atom is 0.262 e. The fraction of sp³-hybridized carbons (Fsp3) is 0.263. The van der Waals surface area contributed by atoms with Gasteiger partial charge in [-0.25, -0.2) is 0 Å². The van der Waals surface area contributed by atoms with Crippen LogP contribution < -0.4 is 15.4 Å². The van der Waals surface area contributed by atoms with Crippen molar-refractivity contribution in [3.8, 4) is 5.75 Å². The number of rotatable bonds is 5. The van der Waals surface area contributed by atoms with Crippen LogP contribution in [0.15, 0.2) is 40.9 Å². The summed E-state index contributed by atoms with van der Waals surface area (Å²) in [5, 5.41) is 6.29. The first-order valence-corrected chi connectivity index (χ1v) is 9.60. The smallest absolute Gasteiger partial charge is 0.262 e. The van der Waals surface area contributed by atoms with Gasteiger partial charge in [-0.2, -0.15) is 0 Å². The lowest BCUT2D eigenvalue weighted by atomic mass is 10.1. The fourth-order valence-electron chi connectivity index (χ4n) is 2.19. The van der Waals surface area contributed by atoms with Crippen molar-refractivity contribution < 1.29 is 14.3 Å². The highest BCUT2D eigenvalue weighted by molar-refractivity contribution is 9.10. The molecule has 0 aliphatic carbocycles. The average Bonchev–Trinajstić information content (AvgIpc) is 2.52. The molecule has 0 heterocycles. The molecular weight excluding hydrogens is 455 g/mol. The molecule has 0 atom stereocenters. The van der Waals surface area contributed by atoms with E-state index in [-0.39, 0.29) is 17.5 Å². The Bertz CT molecular complexity index is 843. The van der Waals surface area contributed by atoms with Crippen molar-refractivity contribution in [2.45, 2.75) is 26.3 Å². The summed E-state index contributed by atoms with van der Waals surface area (Å²) in [5.41, 5.74) is 0.371. The van der Waals surface area contributed by atoms with E-state index in [1.807, 2.05) is 20.8 Å². The molecule has 2 rings (SSSR count). The SMILES string of the molecule is CC(C)(C)NC(=O)c1ccccc1NC(=O)COc1c(Cl)cc(Cl)cc1Br. The lowest BCUT2D eigenvalue weighted by Gasteiger charge is -2.21. The number of carbonyl (C=O) groups is 2. The number of para-hydroxylation sites is 1. The number of nitrogens with one attached hydrogen (secondary N) is 2. The summed E-state index contributed by atoms with van der Waals surface area (Å²) in [6.45, 7) is 5.37. The molecule has 2 amide bonds. The monoisotopic (exact) mass is 472 g/mol. The molecule has 2 N–H and O–H groups in total. The summed E-state index contributed by atoms with van der Waals surface area (Å²) in [5.74, 6) is -0.387. The second-order valence-corrected chi connectivity index (χ2v) is 8.48. The van der Waals surface area contributed by atoms with Crippen LogP contribution in [0, 0.1) is 0 Å². The minimum absolute atomic E-state index is 0.275. The molecule has 5 nitrogen and oxygen atoms in total. The van der Waals surface area contributed by atoms with Crippen LogP contribution in [0.5, 0.6) is 5.75 Å². The molecule has 0 saturated heterocycles. The van der Waals surface area contributed by atoms with E-state index < -0.39 is 11.4 Å². The van der Waals surface area contributed by atoms with Crippen LogP contribution in [0.25, 0.3) is 0 Å². The molecule has 0 fully saturated rings. The first-order chi connectivity index (χ1) is 12.6. The number of anilines is 1. The Hall–Kier alpha value is -1.76. The van der Waals surface area contributed by atoms with Gasteiger partial charge in [-0.15, -0.1) is 0 Å². The van der Waals surface area contributed by atoms with Gasteiger partial charge in [0.25, 0.3) is 11.8 Å². The van der Waals surface area contributed by atoms with Gasteiger partial charge in [0.15, 0.2) is 12.4 Å². The zero-order valence-corrected chi connectivity index (χ0v) is 18.1. The van der Waals surface area contributed by atoms with Gasteiger partial charge < -0.3 is 15.4 Å². The maximum atomic E-state index is 12.4. The predicted molar refractivity (Wildman–Crippen MR) is 112 cm³/mol. The van der Waals surface area contributed by atoms with Crippen LogP contribution >= 0.6 is 39.1 Å². The third kappa shape index (κ3) is 6.41. The average molecular weight is 474 g/mol. The minimum Gasteiger partial charge on any atom is -0.481 e. The van der Waals surface area contributed by atoms with Crippen LogP contribution in [0.3, 0.4) is 0 Å². The number of ether oxygens (including phenoxy) is 1. The van der Waals surface area contributed by atoms with Gasteiger partial charge in [0.05, 0.1) is 20.7 Å². The van der Waals surface area contributed by atoms with Crippen molar-refractivity contribution in [2.24, 2.45) is 0 Å². The first kappa shape index (κ1) is 21.5. The third-order valence-corrected chi connectivity index (χ3v) is 4.33. The molecule has 8 heteroatoms. The Morgan fingerprint density at radius 1 is 1.15 bits per heavy atom. The van der Waals surface area contributed by atoms with Crippen LogP contribution in [0.1, 0.15) is 31.1 Å². The zero-order chi connectivity index (χ0) is 20.2. The lowest BCUT2D eigenvalue weighted by molar-refractivity contribution is -0.118. The summed E-state index contributed by atoms with van der Waals surface area (Å²) in [7, 11) is 0.